The van der Waals surface area contributed by atoms with Gasteiger partial charge in [0.1, 0.15) is 4.21 Å². The summed E-state index contributed by atoms with van der Waals surface area (Å²) in [6, 6.07) is 9.75. The quantitative estimate of drug-likeness (QED) is 0.827. The maximum absolute atomic E-state index is 13.0. The molecular formula is C19H24N2O2S2. The number of rotatable bonds is 4. The van der Waals surface area contributed by atoms with Crippen molar-refractivity contribution in [3.63, 3.8) is 0 Å². The minimum Gasteiger partial charge on any atom is -0.295 e. The lowest BCUT2D eigenvalue weighted by molar-refractivity contribution is 0.160. The Labute approximate surface area is 153 Å². The van der Waals surface area contributed by atoms with E-state index in [1.54, 1.807) is 6.07 Å². The lowest BCUT2D eigenvalue weighted by Gasteiger charge is -2.39. The number of hydrogen-bond donors (Lipinski definition) is 1. The number of hydrogen-bond acceptors (Lipinski definition) is 4. The van der Waals surface area contributed by atoms with Gasteiger partial charge in [-0.05, 0) is 56.3 Å². The van der Waals surface area contributed by atoms with E-state index in [0.29, 0.717) is 4.21 Å². The van der Waals surface area contributed by atoms with Crippen LogP contribution in [0.5, 0.6) is 0 Å². The van der Waals surface area contributed by atoms with Crippen molar-refractivity contribution in [1.29, 1.82) is 0 Å². The Balaban J connectivity index is 1.57. The molecule has 0 saturated carbocycles. The molecule has 2 atom stereocenters. The van der Waals surface area contributed by atoms with Crippen LogP contribution in [0.4, 0.5) is 0 Å². The van der Waals surface area contributed by atoms with Crippen LogP contribution in [0.3, 0.4) is 0 Å². The van der Waals surface area contributed by atoms with E-state index in [2.05, 4.69) is 21.8 Å². The lowest BCUT2D eigenvalue weighted by atomic mass is 9.94. The predicted molar refractivity (Wildman–Crippen MR) is 104 cm³/mol. The van der Waals surface area contributed by atoms with Crippen molar-refractivity contribution in [3.05, 3.63) is 42.5 Å². The third-order valence-corrected chi connectivity index (χ3v) is 8.26. The first-order valence-corrected chi connectivity index (χ1v) is 11.4. The van der Waals surface area contributed by atoms with Gasteiger partial charge < -0.3 is 0 Å². The molecule has 6 heteroatoms. The van der Waals surface area contributed by atoms with Gasteiger partial charge in [-0.2, -0.15) is 0 Å². The minimum atomic E-state index is -3.49. The number of allylic oxidation sites excluding steroid dienone is 1. The number of piperidine rings is 1. The summed E-state index contributed by atoms with van der Waals surface area (Å²) in [6.45, 7) is 2.13. The fraction of sp³-hybridized carbons (Fsp3) is 0.474. The topological polar surface area (TPSA) is 49.4 Å². The summed E-state index contributed by atoms with van der Waals surface area (Å²) in [6.07, 6.45) is 9.90. The molecule has 4 nitrogen and oxygen atoms in total. The maximum atomic E-state index is 13.0. The molecule has 1 saturated heterocycles. The van der Waals surface area contributed by atoms with Gasteiger partial charge in [0.2, 0.25) is 10.0 Å². The van der Waals surface area contributed by atoms with Crippen molar-refractivity contribution >= 4 is 31.4 Å². The molecule has 2 aromatic rings. The number of likely N-dealkylation sites (tertiary alicyclic amines) is 1. The highest BCUT2D eigenvalue weighted by atomic mass is 32.2. The second kappa shape index (κ2) is 7.19. The van der Waals surface area contributed by atoms with Crippen molar-refractivity contribution in [2.24, 2.45) is 0 Å². The molecule has 25 heavy (non-hydrogen) atoms. The van der Waals surface area contributed by atoms with E-state index >= 15 is 0 Å². The van der Waals surface area contributed by atoms with E-state index in [1.165, 1.54) is 30.6 Å². The molecule has 1 N–H and O–H groups in total. The molecule has 4 rings (SSSR count). The second-order valence-electron chi connectivity index (χ2n) is 6.92. The van der Waals surface area contributed by atoms with E-state index in [-0.39, 0.29) is 12.1 Å². The zero-order valence-electron chi connectivity index (χ0n) is 14.2. The first-order chi connectivity index (χ1) is 12.1. The zero-order valence-corrected chi connectivity index (χ0v) is 15.9. The van der Waals surface area contributed by atoms with Crippen LogP contribution in [0.1, 0.15) is 32.1 Å². The van der Waals surface area contributed by atoms with Gasteiger partial charge in [-0.1, -0.05) is 36.8 Å². The van der Waals surface area contributed by atoms with Crippen LogP contribution in [-0.2, 0) is 10.0 Å². The van der Waals surface area contributed by atoms with E-state index in [1.807, 2.05) is 24.3 Å². The van der Waals surface area contributed by atoms with Gasteiger partial charge in [0.05, 0.1) is 0 Å². The first kappa shape index (κ1) is 17.2. The molecule has 134 valence electrons. The molecule has 0 radical (unpaired) electrons. The first-order valence-electron chi connectivity index (χ1n) is 9.05. The molecule has 0 spiro atoms. The Morgan fingerprint density at radius 1 is 1.12 bits per heavy atom. The average molecular weight is 377 g/mol. The summed E-state index contributed by atoms with van der Waals surface area (Å²) in [5.41, 5.74) is 0. The molecule has 1 aromatic heterocycles. The van der Waals surface area contributed by atoms with Crippen molar-refractivity contribution in [2.45, 2.75) is 48.4 Å². The van der Waals surface area contributed by atoms with E-state index in [9.17, 15) is 8.42 Å². The van der Waals surface area contributed by atoms with E-state index in [4.69, 9.17) is 0 Å². The molecule has 1 fully saturated rings. The molecule has 0 amide bonds. The summed E-state index contributed by atoms with van der Waals surface area (Å²) in [5, 5.41) is 0.990. The average Bonchev–Trinajstić information content (AvgIpc) is 3.08. The van der Waals surface area contributed by atoms with Crippen LogP contribution in [0.15, 0.2) is 46.7 Å². The summed E-state index contributed by atoms with van der Waals surface area (Å²) in [5.74, 6) is 0. The molecule has 1 aromatic carbocycles. The third-order valence-electron chi connectivity index (χ3n) is 5.18. The normalized spacial score (nSPS) is 25.4. The smallest absolute Gasteiger partial charge is 0.250 e. The largest absolute Gasteiger partial charge is 0.295 e. The Bertz CT molecular complexity index is 833. The van der Waals surface area contributed by atoms with Crippen LogP contribution < -0.4 is 4.72 Å². The van der Waals surface area contributed by atoms with Gasteiger partial charge in [-0.15, -0.1) is 11.3 Å². The van der Waals surface area contributed by atoms with Gasteiger partial charge in [-0.3, -0.25) is 4.90 Å². The number of nitrogens with zero attached hydrogens (tertiary/aromatic N) is 1. The summed E-state index contributed by atoms with van der Waals surface area (Å²) in [4.78, 5) is 2.44. The van der Waals surface area contributed by atoms with Gasteiger partial charge in [0.15, 0.2) is 0 Å². The Hall–Kier alpha value is -1.21. The standard InChI is InChI=1S/C19H24N2O2S2/c22-25(23,19-14-15-8-2-5-11-18(15)24-19)20-16-9-3-4-10-17(16)21-12-6-1-7-13-21/h2,4-5,8,10-11,14,16-17,20H,1,3,6-7,9,12-13H2. The second-order valence-corrected chi connectivity index (χ2v) is 9.95. The number of thiophene rings is 1. The lowest BCUT2D eigenvalue weighted by Crippen LogP contribution is -2.52. The highest BCUT2D eigenvalue weighted by molar-refractivity contribution is 7.91. The van der Waals surface area contributed by atoms with Crippen LogP contribution in [0, 0.1) is 0 Å². The number of benzene rings is 1. The van der Waals surface area contributed by atoms with Gasteiger partial charge in [-0.25, -0.2) is 13.1 Å². The highest BCUT2D eigenvalue weighted by Gasteiger charge is 2.32. The number of sulfonamides is 1. The van der Waals surface area contributed by atoms with Crippen molar-refractivity contribution in [3.8, 4) is 0 Å². The van der Waals surface area contributed by atoms with Gasteiger partial charge in [0.25, 0.3) is 0 Å². The van der Waals surface area contributed by atoms with Crippen LogP contribution in [0.2, 0.25) is 0 Å². The zero-order chi connectivity index (χ0) is 17.3. The van der Waals surface area contributed by atoms with E-state index < -0.39 is 10.0 Å². The highest BCUT2D eigenvalue weighted by Crippen LogP contribution is 2.30. The monoisotopic (exact) mass is 376 g/mol. The summed E-state index contributed by atoms with van der Waals surface area (Å²) < 4.78 is 30.3. The molecule has 1 aliphatic heterocycles. The molecule has 1 aliphatic carbocycles. The third kappa shape index (κ3) is 3.67. The SMILES string of the molecule is O=S(=O)(NC1CCC=CC1N1CCCCC1)c1cc2ccccc2s1. The van der Waals surface area contributed by atoms with Crippen LogP contribution in [0.25, 0.3) is 10.1 Å². The molecule has 2 unspecified atom stereocenters. The molecule has 0 bridgehead atoms. The maximum Gasteiger partial charge on any atom is 0.250 e. The summed E-state index contributed by atoms with van der Waals surface area (Å²) in [7, 11) is -3.49. The van der Waals surface area contributed by atoms with Crippen LogP contribution >= 0.6 is 11.3 Å². The summed E-state index contributed by atoms with van der Waals surface area (Å²) >= 11 is 1.35. The van der Waals surface area contributed by atoms with Gasteiger partial charge in [0, 0.05) is 16.8 Å². The Kier molecular flexibility index (Phi) is 4.95. The Morgan fingerprint density at radius 2 is 1.92 bits per heavy atom. The minimum absolute atomic E-state index is 0.0432. The van der Waals surface area contributed by atoms with Crippen molar-refractivity contribution in [2.75, 3.05) is 13.1 Å². The Morgan fingerprint density at radius 3 is 2.72 bits per heavy atom. The molecule has 2 aliphatic rings. The number of fused-ring (bicyclic) bond motifs is 1. The van der Waals surface area contributed by atoms with Crippen molar-refractivity contribution in [1.82, 2.24) is 9.62 Å². The fourth-order valence-corrected chi connectivity index (χ4v) is 6.59. The van der Waals surface area contributed by atoms with E-state index in [0.717, 1.165) is 36.0 Å². The van der Waals surface area contributed by atoms with Crippen molar-refractivity contribution < 1.29 is 8.42 Å². The van der Waals surface area contributed by atoms with Crippen LogP contribution in [-0.4, -0.2) is 38.5 Å². The molecular weight excluding hydrogens is 352 g/mol. The predicted octanol–water partition coefficient (Wildman–Crippen LogP) is 3.75. The molecule has 2 heterocycles. The fourth-order valence-electron chi connectivity index (χ4n) is 3.88. The number of nitrogens with one attached hydrogen (secondary N) is 1. The van der Waals surface area contributed by atoms with Gasteiger partial charge >= 0.3 is 0 Å².